The molecule has 0 unspecified atom stereocenters. The van der Waals surface area contributed by atoms with Crippen molar-refractivity contribution in [3.05, 3.63) is 65.7 Å². The molecule has 2 aromatic rings. The number of Topliss-reactive ketones (excluding diaryl/α,β-unsaturated/α-hetero) is 1. The van der Waals surface area contributed by atoms with Crippen molar-refractivity contribution in [3.63, 3.8) is 0 Å². The number of anilines is 1. The van der Waals surface area contributed by atoms with Gasteiger partial charge in [0.1, 0.15) is 0 Å². The van der Waals surface area contributed by atoms with E-state index in [4.69, 9.17) is 0 Å². The van der Waals surface area contributed by atoms with E-state index in [1.165, 1.54) is 5.56 Å². The van der Waals surface area contributed by atoms with Crippen LogP contribution in [0.25, 0.3) is 0 Å². The van der Waals surface area contributed by atoms with E-state index >= 15 is 0 Å². The van der Waals surface area contributed by atoms with Gasteiger partial charge in [0.2, 0.25) is 0 Å². The summed E-state index contributed by atoms with van der Waals surface area (Å²) >= 11 is 0. The lowest BCUT2D eigenvalue weighted by Gasteiger charge is -2.08. The predicted molar refractivity (Wildman–Crippen MR) is 84.2 cm³/mol. The Hall–Kier alpha value is -2.09. The molecule has 2 aromatic carbocycles. The van der Waals surface area contributed by atoms with E-state index in [0.29, 0.717) is 12.5 Å². The molecule has 0 radical (unpaired) electrons. The average molecular weight is 267 g/mol. The zero-order valence-electron chi connectivity index (χ0n) is 12.1. The zero-order chi connectivity index (χ0) is 14.4. The van der Waals surface area contributed by atoms with Gasteiger partial charge < -0.3 is 5.32 Å². The Morgan fingerprint density at radius 1 is 1.05 bits per heavy atom. The minimum Gasteiger partial charge on any atom is -0.378 e. The van der Waals surface area contributed by atoms with Crippen LogP contribution in [0.15, 0.2) is 54.6 Å². The standard InChI is InChI=1S/C18H21NO/c1-14(2)11-15-7-6-8-16(12-15)18(20)13-19-17-9-4-3-5-10-17/h3-10,12,14,19H,11,13H2,1-2H3. The quantitative estimate of drug-likeness (QED) is 0.795. The van der Waals surface area contributed by atoms with Crippen molar-refractivity contribution < 1.29 is 4.79 Å². The molecule has 0 fully saturated rings. The summed E-state index contributed by atoms with van der Waals surface area (Å²) in [5, 5.41) is 3.15. The van der Waals surface area contributed by atoms with E-state index in [9.17, 15) is 4.79 Å². The maximum atomic E-state index is 12.2. The van der Waals surface area contributed by atoms with Crippen LogP contribution in [0, 0.1) is 5.92 Å². The molecular formula is C18H21NO. The lowest BCUT2D eigenvalue weighted by atomic mass is 9.99. The number of carbonyl (C=O) groups is 1. The molecule has 0 aliphatic rings. The molecule has 0 heterocycles. The van der Waals surface area contributed by atoms with Gasteiger partial charge in [-0.3, -0.25) is 4.79 Å². The maximum Gasteiger partial charge on any atom is 0.181 e. The SMILES string of the molecule is CC(C)Cc1cccc(C(=O)CNc2ccccc2)c1. The van der Waals surface area contributed by atoms with Gasteiger partial charge in [0.05, 0.1) is 6.54 Å². The van der Waals surface area contributed by atoms with Crippen LogP contribution in [0.3, 0.4) is 0 Å². The number of rotatable bonds is 6. The second-order valence-corrected chi connectivity index (χ2v) is 5.44. The fourth-order valence-corrected chi connectivity index (χ4v) is 2.18. The summed E-state index contributed by atoms with van der Waals surface area (Å²) < 4.78 is 0. The van der Waals surface area contributed by atoms with Crippen LogP contribution in [-0.4, -0.2) is 12.3 Å². The monoisotopic (exact) mass is 267 g/mol. The number of benzene rings is 2. The molecule has 2 nitrogen and oxygen atoms in total. The van der Waals surface area contributed by atoms with Crippen molar-refractivity contribution in [1.29, 1.82) is 0 Å². The molecule has 0 amide bonds. The topological polar surface area (TPSA) is 29.1 Å². The first-order chi connectivity index (χ1) is 9.65. The summed E-state index contributed by atoms with van der Waals surface area (Å²) in [5.74, 6) is 0.724. The fourth-order valence-electron chi connectivity index (χ4n) is 2.18. The van der Waals surface area contributed by atoms with Crippen LogP contribution in [0.5, 0.6) is 0 Å². The summed E-state index contributed by atoms with van der Waals surface area (Å²) in [6.07, 6.45) is 1.01. The first kappa shape index (κ1) is 14.3. The highest BCUT2D eigenvalue weighted by atomic mass is 16.1. The van der Waals surface area contributed by atoms with E-state index in [2.05, 4.69) is 25.2 Å². The molecule has 0 bridgehead atoms. The minimum absolute atomic E-state index is 0.124. The van der Waals surface area contributed by atoms with Crippen molar-refractivity contribution in [2.45, 2.75) is 20.3 Å². The summed E-state index contributed by atoms with van der Waals surface area (Å²) in [7, 11) is 0. The summed E-state index contributed by atoms with van der Waals surface area (Å²) in [5.41, 5.74) is 2.98. The highest BCUT2D eigenvalue weighted by Gasteiger charge is 2.07. The molecule has 0 atom stereocenters. The Kier molecular flexibility index (Phi) is 4.94. The lowest BCUT2D eigenvalue weighted by molar-refractivity contribution is 0.101. The maximum absolute atomic E-state index is 12.2. The third-order valence-electron chi connectivity index (χ3n) is 3.12. The molecule has 20 heavy (non-hydrogen) atoms. The first-order valence-electron chi connectivity index (χ1n) is 7.06. The summed E-state index contributed by atoms with van der Waals surface area (Å²) in [6, 6.07) is 17.7. The first-order valence-corrected chi connectivity index (χ1v) is 7.06. The van der Waals surface area contributed by atoms with Gasteiger partial charge in [0.15, 0.2) is 5.78 Å². The molecule has 1 N–H and O–H groups in total. The lowest BCUT2D eigenvalue weighted by Crippen LogP contribution is -2.14. The number of ketones is 1. The molecule has 0 spiro atoms. The Morgan fingerprint density at radius 3 is 2.50 bits per heavy atom. The highest BCUT2D eigenvalue weighted by Crippen LogP contribution is 2.12. The zero-order valence-corrected chi connectivity index (χ0v) is 12.1. The van der Waals surface area contributed by atoms with Gasteiger partial charge in [0.25, 0.3) is 0 Å². The third kappa shape index (κ3) is 4.23. The molecule has 0 saturated heterocycles. The second-order valence-electron chi connectivity index (χ2n) is 5.44. The Balaban J connectivity index is 1.98. The van der Waals surface area contributed by atoms with E-state index in [0.717, 1.165) is 17.7 Å². The van der Waals surface area contributed by atoms with Crippen molar-refractivity contribution in [1.82, 2.24) is 0 Å². The van der Waals surface area contributed by atoms with Crippen LogP contribution >= 0.6 is 0 Å². The molecule has 2 rings (SSSR count). The molecule has 0 aliphatic heterocycles. The van der Waals surface area contributed by atoms with Crippen LogP contribution in [0.4, 0.5) is 5.69 Å². The Morgan fingerprint density at radius 2 is 1.80 bits per heavy atom. The number of nitrogens with one attached hydrogen (secondary N) is 1. The number of hydrogen-bond acceptors (Lipinski definition) is 2. The highest BCUT2D eigenvalue weighted by molar-refractivity contribution is 5.99. The fraction of sp³-hybridized carbons (Fsp3) is 0.278. The van der Waals surface area contributed by atoms with Gasteiger partial charge in [-0.25, -0.2) is 0 Å². The van der Waals surface area contributed by atoms with E-state index in [1.807, 2.05) is 48.5 Å². The molecular weight excluding hydrogens is 246 g/mol. The summed E-state index contributed by atoms with van der Waals surface area (Å²) in [4.78, 5) is 12.2. The molecule has 0 aromatic heterocycles. The number of hydrogen-bond donors (Lipinski definition) is 1. The second kappa shape index (κ2) is 6.90. The van der Waals surface area contributed by atoms with Crippen molar-refractivity contribution in [3.8, 4) is 0 Å². The largest absolute Gasteiger partial charge is 0.378 e. The van der Waals surface area contributed by atoms with Crippen LogP contribution < -0.4 is 5.32 Å². The van der Waals surface area contributed by atoms with E-state index in [-0.39, 0.29) is 5.78 Å². The minimum atomic E-state index is 0.124. The Bertz CT molecular complexity index is 561. The Labute approximate surface area is 120 Å². The van der Waals surface area contributed by atoms with Gasteiger partial charge in [-0.05, 0) is 36.1 Å². The predicted octanol–water partition coefficient (Wildman–Crippen LogP) is 4.18. The van der Waals surface area contributed by atoms with E-state index < -0.39 is 0 Å². The van der Waals surface area contributed by atoms with Gasteiger partial charge in [-0.2, -0.15) is 0 Å². The van der Waals surface area contributed by atoms with Crippen molar-refractivity contribution in [2.75, 3.05) is 11.9 Å². The van der Waals surface area contributed by atoms with Gasteiger partial charge in [-0.15, -0.1) is 0 Å². The van der Waals surface area contributed by atoms with Crippen molar-refractivity contribution in [2.24, 2.45) is 5.92 Å². The third-order valence-corrected chi connectivity index (χ3v) is 3.12. The van der Waals surface area contributed by atoms with Gasteiger partial charge in [0, 0.05) is 11.3 Å². The van der Waals surface area contributed by atoms with Crippen LogP contribution in [-0.2, 0) is 6.42 Å². The molecule has 104 valence electrons. The van der Waals surface area contributed by atoms with E-state index in [1.54, 1.807) is 0 Å². The number of carbonyl (C=O) groups excluding carboxylic acids is 1. The average Bonchev–Trinajstić information content (AvgIpc) is 2.45. The van der Waals surface area contributed by atoms with Gasteiger partial charge >= 0.3 is 0 Å². The van der Waals surface area contributed by atoms with Crippen molar-refractivity contribution >= 4 is 11.5 Å². The molecule has 0 aliphatic carbocycles. The number of para-hydroxylation sites is 1. The van der Waals surface area contributed by atoms with Gasteiger partial charge in [-0.1, -0.05) is 50.2 Å². The molecule has 2 heteroatoms. The van der Waals surface area contributed by atoms with Crippen LogP contribution in [0.1, 0.15) is 29.8 Å². The summed E-state index contributed by atoms with van der Waals surface area (Å²) in [6.45, 7) is 4.70. The molecule has 0 saturated carbocycles. The normalized spacial score (nSPS) is 10.6. The van der Waals surface area contributed by atoms with Crippen LogP contribution in [0.2, 0.25) is 0 Å². The smallest absolute Gasteiger partial charge is 0.181 e.